The van der Waals surface area contributed by atoms with E-state index in [9.17, 15) is 9.59 Å². The second kappa shape index (κ2) is 5.44. The van der Waals surface area contributed by atoms with Gasteiger partial charge in [0.2, 0.25) is 11.8 Å². The minimum absolute atomic E-state index is 0.185. The quantitative estimate of drug-likeness (QED) is 0.819. The zero-order valence-corrected chi connectivity index (χ0v) is 14.4. The fraction of sp³-hybridized carbons (Fsp3) is 0.500. The number of amides is 2. The SMILES string of the molecule is Cc1ccc(NC(=O)C2(C(=O)NC(C)(C)C)CC2)c(Br)c1. The number of benzene rings is 1. The lowest BCUT2D eigenvalue weighted by Gasteiger charge is -2.24. The summed E-state index contributed by atoms with van der Waals surface area (Å²) in [5.74, 6) is -0.412. The van der Waals surface area contributed by atoms with E-state index in [-0.39, 0.29) is 17.4 Å². The predicted octanol–water partition coefficient (Wildman–Crippen LogP) is 3.39. The van der Waals surface area contributed by atoms with Crippen LogP contribution in [0, 0.1) is 12.3 Å². The molecule has 0 radical (unpaired) electrons. The van der Waals surface area contributed by atoms with Crippen LogP contribution < -0.4 is 10.6 Å². The van der Waals surface area contributed by atoms with Crippen molar-refractivity contribution in [3.8, 4) is 0 Å². The molecule has 0 spiro atoms. The molecule has 1 aromatic rings. The fourth-order valence-electron chi connectivity index (χ4n) is 2.11. The largest absolute Gasteiger partial charge is 0.351 e. The summed E-state index contributed by atoms with van der Waals surface area (Å²) in [6, 6.07) is 5.70. The highest BCUT2D eigenvalue weighted by molar-refractivity contribution is 9.10. The first kappa shape index (κ1) is 16.0. The molecule has 21 heavy (non-hydrogen) atoms. The van der Waals surface area contributed by atoms with E-state index < -0.39 is 5.41 Å². The summed E-state index contributed by atoms with van der Waals surface area (Å²) >= 11 is 3.43. The topological polar surface area (TPSA) is 58.2 Å². The summed E-state index contributed by atoms with van der Waals surface area (Å²) < 4.78 is 0.822. The van der Waals surface area contributed by atoms with Gasteiger partial charge in [0.1, 0.15) is 5.41 Å². The number of carbonyl (C=O) groups is 2. The lowest BCUT2D eigenvalue weighted by Crippen LogP contribution is -2.48. The number of hydrogen-bond acceptors (Lipinski definition) is 2. The van der Waals surface area contributed by atoms with Gasteiger partial charge in [0.05, 0.1) is 5.69 Å². The fourth-order valence-corrected chi connectivity index (χ4v) is 2.70. The van der Waals surface area contributed by atoms with E-state index in [2.05, 4.69) is 26.6 Å². The number of hydrogen-bond donors (Lipinski definition) is 2. The van der Waals surface area contributed by atoms with Crippen LogP contribution in [0.5, 0.6) is 0 Å². The molecule has 2 amide bonds. The molecule has 0 bridgehead atoms. The molecule has 5 heteroatoms. The minimum Gasteiger partial charge on any atom is -0.351 e. The number of aryl methyl sites for hydroxylation is 1. The number of rotatable bonds is 3. The summed E-state index contributed by atoms with van der Waals surface area (Å²) in [6.45, 7) is 7.72. The van der Waals surface area contributed by atoms with E-state index in [0.29, 0.717) is 18.5 Å². The zero-order valence-electron chi connectivity index (χ0n) is 12.8. The van der Waals surface area contributed by atoms with Crippen LogP contribution in [0.3, 0.4) is 0 Å². The van der Waals surface area contributed by atoms with Gasteiger partial charge in [-0.05, 0) is 74.2 Å². The Balaban J connectivity index is 2.11. The number of halogens is 1. The maximum atomic E-state index is 12.5. The van der Waals surface area contributed by atoms with E-state index in [1.807, 2.05) is 45.9 Å². The third-order valence-electron chi connectivity index (χ3n) is 3.48. The van der Waals surface area contributed by atoms with Gasteiger partial charge in [-0.15, -0.1) is 0 Å². The van der Waals surface area contributed by atoms with Crippen LogP contribution in [0.2, 0.25) is 0 Å². The van der Waals surface area contributed by atoms with Crippen LogP contribution >= 0.6 is 15.9 Å². The number of carbonyl (C=O) groups excluding carboxylic acids is 2. The van der Waals surface area contributed by atoms with Gasteiger partial charge in [-0.2, -0.15) is 0 Å². The van der Waals surface area contributed by atoms with Crippen LogP contribution in [0.4, 0.5) is 5.69 Å². The van der Waals surface area contributed by atoms with Gasteiger partial charge in [0, 0.05) is 10.0 Å². The number of anilines is 1. The lowest BCUT2D eigenvalue weighted by molar-refractivity contribution is -0.135. The first-order valence-corrected chi connectivity index (χ1v) is 7.84. The molecule has 0 unspecified atom stereocenters. The summed E-state index contributed by atoms with van der Waals surface area (Å²) in [5, 5.41) is 5.76. The second-order valence-corrected chi connectivity index (χ2v) is 7.58. The van der Waals surface area contributed by atoms with Crippen molar-refractivity contribution in [1.29, 1.82) is 0 Å². The van der Waals surface area contributed by atoms with Gasteiger partial charge in [-0.3, -0.25) is 9.59 Å². The van der Waals surface area contributed by atoms with Crippen LogP contribution in [-0.4, -0.2) is 17.4 Å². The smallest absolute Gasteiger partial charge is 0.240 e. The van der Waals surface area contributed by atoms with E-state index in [4.69, 9.17) is 0 Å². The van der Waals surface area contributed by atoms with E-state index in [1.165, 1.54) is 0 Å². The standard InChI is InChI=1S/C16H21BrN2O2/c1-10-5-6-12(11(17)9-10)18-13(20)16(7-8-16)14(21)19-15(2,3)4/h5-6,9H,7-8H2,1-4H3,(H,18,20)(H,19,21). The van der Waals surface area contributed by atoms with Crippen LogP contribution in [-0.2, 0) is 9.59 Å². The highest BCUT2D eigenvalue weighted by Crippen LogP contribution is 2.47. The molecular weight excluding hydrogens is 332 g/mol. The Morgan fingerprint density at radius 1 is 1.19 bits per heavy atom. The lowest BCUT2D eigenvalue weighted by atomic mass is 10.0. The van der Waals surface area contributed by atoms with Gasteiger partial charge >= 0.3 is 0 Å². The molecule has 0 heterocycles. The molecule has 114 valence electrons. The van der Waals surface area contributed by atoms with Crippen molar-refractivity contribution in [3.63, 3.8) is 0 Å². The zero-order chi connectivity index (χ0) is 15.8. The summed E-state index contributed by atoms with van der Waals surface area (Å²) in [5.41, 5.74) is 0.557. The van der Waals surface area contributed by atoms with Gasteiger partial charge in [-0.25, -0.2) is 0 Å². The maximum absolute atomic E-state index is 12.5. The normalized spacial score (nSPS) is 16.2. The third-order valence-corrected chi connectivity index (χ3v) is 4.14. The average molecular weight is 353 g/mol. The van der Waals surface area contributed by atoms with E-state index in [1.54, 1.807) is 0 Å². The average Bonchev–Trinajstić information content (AvgIpc) is 3.11. The summed E-state index contributed by atoms with van der Waals surface area (Å²) in [4.78, 5) is 24.8. The molecule has 1 saturated carbocycles. The molecule has 1 aromatic carbocycles. The molecule has 0 aliphatic heterocycles. The Morgan fingerprint density at radius 3 is 2.29 bits per heavy atom. The molecule has 1 aliphatic rings. The Labute approximate surface area is 133 Å². The van der Waals surface area contributed by atoms with E-state index >= 15 is 0 Å². The molecule has 0 aromatic heterocycles. The molecule has 1 fully saturated rings. The van der Waals surface area contributed by atoms with Crippen molar-refractivity contribution in [2.45, 2.75) is 46.1 Å². The van der Waals surface area contributed by atoms with Gasteiger partial charge in [0.25, 0.3) is 0 Å². The highest BCUT2D eigenvalue weighted by Gasteiger charge is 2.57. The van der Waals surface area contributed by atoms with Gasteiger partial charge in [0.15, 0.2) is 0 Å². The van der Waals surface area contributed by atoms with Crippen LogP contribution in [0.15, 0.2) is 22.7 Å². The third kappa shape index (κ3) is 3.64. The van der Waals surface area contributed by atoms with Gasteiger partial charge in [-0.1, -0.05) is 6.07 Å². The van der Waals surface area contributed by atoms with Crippen molar-refractivity contribution in [1.82, 2.24) is 5.32 Å². The van der Waals surface area contributed by atoms with Crippen LogP contribution in [0.25, 0.3) is 0 Å². The molecule has 2 rings (SSSR count). The second-order valence-electron chi connectivity index (χ2n) is 6.72. The molecular formula is C16H21BrN2O2. The first-order chi connectivity index (χ1) is 9.64. The molecule has 4 nitrogen and oxygen atoms in total. The molecule has 1 aliphatic carbocycles. The van der Waals surface area contributed by atoms with Crippen molar-refractivity contribution in [2.24, 2.45) is 5.41 Å². The Morgan fingerprint density at radius 2 is 1.81 bits per heavy atom. The Hall–Kier alpha value is -1.36. The van der Waals surface area contributed by atoms with Crippen molar-refractivity contribution >= 4 is 33.4 Å². The maximum Gasteiger partial charge on any atom is 0.240 e. The monoisotopic (exact) mass is 352 g/mol. The Bertz CT molecular complexity index is 586. The van der Waals surface area contributed by atoms with Gasteiger partial charge < -0.3 is 10.6 Å². The summed E-state index contributed by atoms with van der Waals surface area (Å²) in [7, 11) is 0. The van der Waals surface area contributed by atoms with Crippen molar-refractivity contribution < 1.29 is 9.59 Å². The Kier molecular flexibility index (Phi) is 4.15. The minimum atomic E-state index is -0.905. The number of nitrogens with one attached hydrogen (secondary N) is 2. The molecule has 2 N–H and O–H groups in total. The van der Waals surface area contributed by atoms with E-state index in [0.717, 1.165) is 10.0 Å². The first-order valence-electron chi connectivity index (χ1n) is 7.04. The van der Waals surface area contributed by atoms with Crippen LogP contribution in [0.1, 0.15) is 39.2 Å². The summed E-state index contributed by atoms with van der Waals surface area (Å²) in [6.07, 6.45) is 1.20. The van der Waals surface area contributed by atoms with Crippen molar-refractivity contribution in [2.75, 3.05) is 5.32 Å². The predicted molar refractivity (Wildman–Crippen MR) is 87.1 cm³/mol. The molecule has 0 atom stereocenters. The molecule has 0 saturated heterocycles. The van der Waals surface area contributed by atoms with Crippen molar-refractivity contribution in [3.05, 3.63) is 28.2 Å². The highest BCUT2D eigenvalue weighted by atomic mass is 79.9.